The molecule has 0 aromatic heterocycles. The maximum atomic E-state index is 5.32. The van der Waals surface area contributed by atoms with Crippen molar-refractivity contribution >= 4 is 0 Å². The molecule has 0 fully saturated rings. The van der Waals surface area contributed by atoms with E-state index in [1.807, 2.05) is 13.8 Å². The zero-order chi connectivity index (χ0) is 9.28. The van der Waals surface area contributed by atoms with E-state index in [9.17, 15) is 0 Å². The van der Waals surface area contributed by atoms with Crippen molar-refractivity contribution in [3.05, 3.63) is 23.8 Å². The summed E-state index contributed by atoms with van der Waals surface area (Å²) in [4.78, 5) is 0. The number of hydrogen-bond acceptors (Lipinski definition) is 4. The van der Waals surface area contributed by atoms with Gasteiger partial charge in [-0.05, 0) is 12.2 Å². The van der Waals surface area contributed by atoms with E-state index in [0.717, 1.165) is 0 Å². The number of hydrogen-bond donors (Lipinski definition) is 4. The van der Waals surface area contributed by atoms with Crippen LogP contribution in [-0.4, -0.2) is 7.05 Å². The fourth-order valence-corrected chi connectivity index (χ4v) is 0.269. The highest BCUT2D eigenvalue weighted by Gasteiger charge is 1.77. The molecular weight excluding hydrogens is 140 g/mol. The minimum Gasteiger partial charge on any atom is -0.386 e. The van der Waals surface area contributed by atoms with Crippen LogP contribution in [0, 0.1) is 0 Å². The lowest BCUT2D eigenvalue weighted by molar-refractivity contribution is 0.964. The Hall–Kier alpha value is -1.32. The molecule has 0 aliphatic heterocycles. The van der Waals surface area contributed by atoms with Crippen molar-refractivity contribution in [3.63, 3.8) is 0 Å². The largest absolute Gasteiger partial charge is 0.386 e. The molecule has 0 aromatic rings. The van der Waals surface area contributed by atoms with Crippen molar-refractivity contribution in [1.82, 2.24) is 5.32 Å². The summed E-state index contributed by atoms with van der Waals surface area (Å²) in [7, 11) is 1.71. The number of nitrogens with two attached hydrogens (primary N) is 3. The third-order valence-electron chi connectivity index (χ3n) is 0.744. The first-order valence-electron chi connectivity index (χ1n) is 3.53. The molecule has 0 atom stereocenters. The van der Waals surface area contributed by atoms with Gasteiger partial charge in [-0.2, -0.15) is 0 Å². The van der Waals surface area contributed by atoms with E-state index in [0.29, 0.717) is 5.82 Å². The third kappa shape index (κ3) is 12.0. The first-order chi connectivity index (χ1) is 5.16. The van der Waals surface area contributed by atoms with Gasteiger partial charge in [0.05, 0.1) is 11.6 Å². The summed E-state index contributed by atoms with van der Waals surface area (Å²) in [6.07, 6.45) is 3.11. The van der Waals surface area contributed by atoms with Crippen LogP contribution in [0.1, 0.15) is 13.8 Å². The number of rotatable bonds is 2. The van der Waals surface area contributed by atoms with Crippen molar-refractivity contribution in [2.45, 2.75) is 13.8 Å². The number of allylic oxidation sites excluding steroid dienone is 2. The molecule has 0 rings (SSSR count). The van der Waals surface area contributed by atoms with Gasteiger partial charge in [-0.3, -0.25) is 0 Å². The summed E-state index contributed by atoms with van der Waals surface area (Å²) in [5.41, 5.74) is 15.5. The normalized spacial score (nSPS) is 9.18. The fourth-order valence-electron chi connectivity index (χ4n) is 0.269. The second-order valence-electron chi connectivity index (χ2n) is 1.54. The van der Waals surface area contributed by atoms with Crippen LogP contribution in [0.3, 0.4) is 0 Å². The molecule has 11 heavy (non-hydrogen) atoms. The maximum Gasteiger partial charge on any atom is 0.0958 e. The van der Waals surface area contributed by atoms with Gasteiger partial charge in [0.25, 0.3) is 0 Å². The van der Waals surface area contributed by atoms with Gasteiger partial charge in [-0.1, -0.05) is 13.8 Å². The smallest absolute Gasteiger partial charge is 0.0958 e. The van der Waals surface area contributed by atoms with Gasteiger partial charge in [0.15, 0.2) is 0 Å². The van der Waals surface area contributed by atoms with Crippen LogP contribution in [0.2, 0.25) is 0 Å². The fraction of sp³-hybridized carbons (Fsp3) is 0.429. The van der Waals surface area contributed by atoms with Gasteiger partial charge in [0.1, 0.15) is 0 Å². The van der Waals surface area contributed by atoms with E-state index in [4.69, 9.17) is 17.2 Å². The second kappa shape index (κ2) is 8.68. The van der Waals surface area contributed by atoms with Gasteiger partial charge in [-0.25, -0.2) is 0 Å². The predicted molar refractivity (Wildman–Crippen MR) is 49.1 cm³/mol. The first-order valence-corrected chi connectivity index (χ1v) is 3.53. The Labute approximate surface area is 68.1 Å². The SMILES string of the molecule is CC.CN/C(N)=C/C=C(N)N. The van der Waals surface area contributed by atoms with Crippen LogP contribution in [0.15, 0.2) is 23.8 Å². The van der Waals surface area contributed by atoms with Crippen LogP contribution < -0.4 is 22.5 Å². The summed E-state index contributed by atoms with van der Waals surface area (Å²) in [6.45, 7) is 4.00. The second-order valence-corrected chi connectivity index (χ2v) is 1.54. The van der Waals surface area contributed by atoms with Crippen LogP contribution in [0.5, 0.6) is 0 Å². The Bertz CT molecular complexity index is 133. The lowest BCUT2D eigenvalue weighted by Gasteiger charge is -1.94. The lowest BCUT2D eigenvalue weighted by Crippen LogP contribution is -2.14. The van der Waals surface area contributed by atoms with Crippen LogP contribution in [0.4, 0.5) is 0 Å². The minimum atomic E-state index is 0.244. The van der Waals surface area contributed by atoms with E-state index in [-0.39, 0.29) is 5.82 Å². The van der Waals surface area contributed by atoms with Crippen molar-refractivity contribution in [1.29, 1.82) is 0 Å². The zero-order valence-electron chi connectivity index (χ0n) is 7.39. The highest BCUT2D eigenvalue weighted by molar-refractivity contribution is 5.10. The standard InChI is InChI=1S/C5H12N4.C2H6/c1-9-5(8)3-2-4(6)7;1-2/h2-3,9H,6-8H2,1H3;1-2H3/b5-3+;. The van der Waals surface area contributed by atoms with Crippen molar-refractivity contribution in [2.24, 2.45) is 17.2 Å². The maximum absolute atomic E-state index is 5.32. The van der Waals surface area contributed by atoms with Gasteiger partial charge >= 0.3 is 0 Å². The Morgan fingerprint density at radius 1 is 1.09 bits per heavy atom. The summed E-state index contributed by atoms with van der Waals surface area (Å²) in [5, 5.41) is 2.70. The molecule has 7 N–H and O–H groups in total. The van der Waals surface area contributed by atoms with Gasteiger partial charge in [-0.15, -0.1) is 0 Å². The van der Waals surface area contributed by atoms with Crippen molar-refractivity contribution in [2.75, 3.05) is 7.05 Å². The Morgan fingerprint density at radius 3 is 1.82 bits per heavy atom. The van der Waals surface area contributed by atoms with E-state index in [1.54, 1.807) is 13.1 Å². The van der Waals surface area contributed by atoms with E-state index >= 15 is 0 Å². The van der Waals surface area contributed by atoms with Crippen LogP contribution in [0.25, 0.3) is 0 Å². The van der Waals surface area contributed by atoms with Crippen molar-refractivity contribution < 1.29 is 0 Å². The molecule has 0 aromatic carbocycles. The highest BCUT2D eigenvalue weighted by atomic mass is 14.9. The number of nitrogens with one attached hydrogen (secondary N) is 1. The molecule has 0 saturated carbocycles. The molecule has 0 saturated heterocycles. The highest BCUT2D eigenvalue weighted by Crippen LogP contribution is 1.77. The Kier molecular flexibility index (Phi) is 9.76. The van der Waals surface area contributed by atoms with E-state index in [2.05, 4.69) is 5.32 Å². The molecule has 0 heterocycles. The molecular formula is C7H18N4. The molecule has 0 unspecified atom stereocenters. The predicted octanol–water partition coefficient (Wildman–Crippen LogP) is -0.209. The third-order valence-corrected chi connectivity index (χ3v) is 0.744. The molecule has 4 nitrogen and oxygen atoms in total. The molecule has 0 aliphatic carbocycles. The van der Waals surface area contributed by atoms with E-state index in [1.165, 1.54) is 6.08 Å². The summed E-state index contributed by atoms with van der Waals surface area (Å²) in [5.74, 6) is 0.775. The first kappa shape index (κ1) is 12.4. The van der Waals surface area contributed by atoms with Gasteiger partial charge in [0.2, 0.25) is 0 Å². The summed E-state index contributed by atoms with van der Waals surface area (Å²) >= 11 is 0. The van der Waals surface area contributed by atoms with E-state index < -0.39 is 0 Å². The molecule has 0 amide bonds. The molecule has 0 spiro atoms. The average molecular weight is 158 g/mol. The molecule has 4 heteroatoms. The quantitative estimate of drug-likeness (QED) is 0.419. The van der Waals surface area contributed by atoms with Crippen molar-refractivity contribution in [3.8, 4) is 0 Å². The molecule has 0 radical (unpaired) electrons. The minimum absolute atomic E-state index is 0.244. The topological polar surface area (TPSA) is 90.1 Å². The zero-order valence-corrected chi connectivity index (χ0v) is 7.39. The Balaban J connectivity index is 0. The van der Waals surface area contributed by atoms with Gasteiger partial charge < -0.3 is 22.5 Å². The molecule has 66 valence electrons. The summed E-state index contributed by atoms with van der Waals surface area (Å²) < 4.78 is 0. The Morgan fingerprint density at radius 2 is 1.55 bits per heavy atom. The molecule has 0 aliphatic rings. The monoisotopic (exact) mass is 158 g/mol. The average Bonchev–Trinajstić information content (AvgIpc) is 2.04. The molecule has 0 bridgehead atoms. The lowest BCUT2D eigenvalue weighted by atomic mass is 10.5. The summed E-state index contributed by atoms with van der Waals surface area (Å²) in [6, 6.07) is 0. The van der Waals surface area contributed by atoms with Gasteiger partial charge in [0, 0.05) is 7.05 Å². The van der Waals surface area contributed by atoms with Crippen LogP contribution >= 0.6 is 0 Å². The van der Waals surface area contributed by atoms with Crippen LogP contribution in [-0.2, 0) is 0 Å².